The van der Waals surface area contributed by atoms with Gasteiger partial charge in [0.15, 0.2) is 0 Å². The number of aromatic nitrogens is 2. The average Bonchev–Trinajstić information content (AvgIpc) is 3.16. The standard InChI is InChI=1S/C21H22N4O5S/c1-23(2)31(29,30)15-7-8-17-14(13-15)9-11-24(17)19(26)10-12-25-18-6-4-3-5-16(18)20(27)22-21(25)28/h3-8,13H,9-12H2,1-2H3,(H,22,27,28). The molecule has 0 unspecified atom stereocenters. The van der Waals surface area contributed by atoms with Crippen molar-refractivity contribution in [1.29, 1.82) is 0 Å². The van der Waals surface area contributed by atoms with Crippen molar-refractivity contribution in [2.75, 3.05) is 25.5 Å². The third-order valence-corrected chi connectivity index (χ3v) is 7.29. The number of sulfonamides is 1. The average molecular weight is 442 g/mol. The van der Waals surface area contributed by atoms with Crippen molar-refractivity contribution in [1.82, 2.24) is 13.9 Å². The molecule has 9 nitrogen and oxygen atoms in total. The van der Waals surface area contributed by atoms with Gasteiger partial charge in [-0.1, -0.05) is 12.1 Å². The van der Waals surface area contributed by atoms with Crippen LogP contribution >= 0.6 is 0 Å². The highest BCUT2D eigenvalue weighted by atomic mass is 32.2. The molecule has 31 heavy (non-hydrogen) atoms. The summed E-state index contributed by atoms with van der Waals surface area (Å²) in [7, 11) is -0.603. The van der Waals surface area contributed by atoms with E-state index in [4.69, 9.17) is 0 Å². The fraction of sp³-hybridized carbons (Fsp3) is 0.286. The molecule has 0 radical (unpaired) electrons. The first-order chi connectivity index (χ1) is 14.7. The van der Waals surface area contributed by atoms with Gasteiger partial charge < -0.3 is 4.90 Å². The molecule has 0 bridgehead atoms. The van der Waals surface area contributed by atoms with Gasteiger partial charge in [-0.05, 0) is 42.3 Å². The summed E-state index contributed by atoms with van der Waals surface area (Å²) < 4.78 is 27.3. The largest absolute Gasteiger partial charge is 0.328 e. The molecule has 0 fully saturated rings. The van der Waals surface area contributed by atoms with E-state index in [1.165, 1.54) is 24.7 Å². The van der Waals surface area contributed by atoms with Crippen LogP contribution in [-0.2, 0) is 27.8 Å². The van der Waals surface area contributed by atoms with E-state index in [0.29, 0.717) is 29.6 Å². The molecule has 4 rings (SSSR count). The van der Waals surface area contributed by atoms with Crippen molar-refractivity contribution >= 4 is 32.5 Å². The van der Waals surface area contributed by atoms with Gasteiger partial charge in [-0.25, -0.2) is 17.5 Å². The van der Waals surface area contributed by atoms with Crippen LogP contribution in [0, 0.1) is 0 Å². The van der Waals surface area contributed by atoms with Crippen molar-refractivity contribution in [3.05, 3.63) is 68.9 Å². The van der Waals surface area contributed by atoms with Crippen LogP contribution in [0.4, 0.5) is 5.69 Å². The molecule has 1 aliphatic heterocycles. The van der Waals surface area contributed by atoms with Gasteiger partial charge in [0.1, 0.15) is 0 Å². The second kappa shape index (κ2) is 7.78. The maximum absolute atomic E-state index is 12.9. The van der Waals surface area contributed by atoms with E-state index < -0.39 is 21.3 Å². The lowest BCUT2D eigenvalue weighted by Crippen LogP contribution is -2.34. The number of benzene rings is 2. The van der Waals surface area contributed by atoms with E-state index in [0.717, 1.165) is 9.87 Å². The Kier molecular flexibility index (Phi) is 5.28. The smallest absolute Gasteiger partial charge is 0.312 e. The number of carbonyl (C=O) groups is 1. The van der Waals surface area contributed by atoms with Crippen LogP contribution < -0.4 is 16.1 Å². The van der Waals surface area contributed by atoms with Crippen LogP contribution in [0.25, 0.3) is 10.9 Å². The molecule has 0 spiro atoms. The Morgan fingerprint density at radius 1 is 1.13 bits per heavy atom. The van der Waals surface area contributed by atoms with Gasteiger partial charge in [0.2, 0.25) is 15.9 Å². The normalized spacial score (nSPS) is 13.7. The summed E-state index contributed by atoms with van der Waals surface area (Å²) in [5.74, 6) is -0.177. The van der Waals surface area contributed by atoms with Gasteiger partial charge in [0, 0.05) is 39.3 Å². The topological polar surface area (TPSA) is 113 Å². The number of hydrogen-bond donors (Lipinski definition) is 1. The van der Waals surface area contributed by atoms with Crippen LogP contribution in [0.5, 0.6) is 0 Å². The van der Waals surface area contributed by atoms with Gasteiger partial charge in [0.05, 0.1) is 15.8 Å². The molecule has 2 heterocycles. The molecular weight excluding hydrogens is 420 g/mol. The molecule has 2 aromatic carbocycles. The number of nitrogens with one attached hydrogen (secondary N) is 1. The second-order valence-electron chi connectivity index (χ2n) is 7.55. The number of carbonyl (C=O) groups excluding carboxylic acids is 1. The third-order valence-electron chi connectivity index (χ3n) is 5.48. The summed E-state index contributed by atoms with van der Waals surface area (Å²) in [5, 5.41) is 0.385. The van der Waals surface area contributed by atoms with E-state index in [1.54, 1.807) is 41.3 Å². The number of anilines is 1. The summed E-state index contributed by atoms with van der Waals surface area (Å²) in [6.07, 6.45) is 0.618. The predicted octanol–water partition coefficient (Wildman–Crippen LogP) is 0.920. The summed E-state index contributed by atoms with van der Waals surface area (Å²) in [4.78, 5) is 41.3. The lowest BCUT2D eigenvalue weighted by molar-refractivity contribution is -0.118. The van der Waals surface area contributed by atoms with Crippen molar-refractivity contribution in [2.45, 2.75) is 24.3 Å². The Morgan fingerprint density at radius 3 is 2.61 bits per heavy atom. The van der Waals surface area contributed by atoms with Gasteiger partial charge in [0.25, 0.3) is 5.56 Å². The minimum Gasteiger partial charge on any atom is -0.312 e. The quantitative estimate of drug-likeness (QED) is 0.631. The zero-order valence-electron chi connectivity index (χ0n) is 17.2. The Hall–Kier alpha value is -3.24. The van der Waals surface area contributed by atoms with Gasteiger partial charge in [-0.3, -0.25) is 19.1 Å². The summed E-state index contributed by atoms with van der Waals surface area (Å²) in [5.41, 5.74) is 0.936. The Balaban J connectivity index is 1.57. The number of aryl methyl sites for hydroxylation is 1. The first-order valence-electron chi connectivity index (χ1n) is 9.78. The Morgan fingerprint density at radius 2 is 1.87 bits per heavy atom. The van der Waals surface area contributed by atoms with Crippen LogP contribution in [-0.4, -0.2) is 48.8 Å². The van der Waals surface area contributed by atoms with E-state index in [9.17, 15) is 22.8 Å². The summed E-state index contributed by atoms with van der Waals surface area (Å²) in [6.45, 7) is 0.564. The highest BCUT2D eigenvalue weighted by Crippen LogP contribution is 2.31. The number of rotatable bonds is 5. The third kappa shape index (κ3) is 3.68. The van der Waals surface area contributed by atoms with Crippen molar-refractivity contribution in [3.8, 4) is 0 Å². The molecule has 0 aliphatic carbocycles. The van der Waals surface area contributed by atoms with Crippen molar-refractivity contribution in [3.63, 3.8) is 0 Å². The van der Waals surface area contributed by atoms with E-state index in [-0.39, 0.29) is 23.8 Å². The number of amides is 1. The first-order valence-corrected chi connectivity index (χ1v) is 11.2. The maximum atomic E-state index is 12.9. The molecule has 0 saturated carbocycles. The van der Waals surface area contributed by atoms with Gasteiger partial charge in [-0.2, -0.15) is 0 Å². The van der Waals surface area contributed by atoms with Crippen LogP contribution in [0.3, 0.4) is 0 Å². The van der Waals surface area contributed by atoms with E-state index in [2.05, 4.69) is 4.98 Å². The minimum absolute atomic E-state index is 0.0626. The molecule has 162 valence electrons. The Bertz CT molecular complexity index is 1410. The highest BCUT2D eigenvalue weighted by Gasteiger charge is 2.27. The molecule has 1 aliphatic rings. The molecule has 1 aromatic heterocycles. The van der Waals surface area contributed by atoms with Crippen molar-refractivity contribution in [2.24, 2.45) is 0 Å². The zero-order valence-corrected chi connectivity index (χ0v) is 18.0. The zero-order chi connectivity index (χ0) is 22.3. The minimum atomic E-state index is -3.55. The molecule has 3 aromatic rings. The number of para-hydroxylation sites is 1. The number of hydrogen-bond acceptors (Lipinski definition) is 5. The van der Waals surface area contributed by atoms with Gasteiger partial charge in [-0.15, -0.1) is 0 Å². The summed E-state index contributed by atoms with van der Waals surface area (Å²) in [6, 6.07) is 11.5. The fourth-order valence-electron chi connectivity index (χ4n) is 3.82. The molecule has 0 atom stereocenters. The lowest BCUT2D eigenvalue weighted by Gasteiger charge is -2.19. The van der Waals surface area contributed by atoms with Crippen molar-refractivity contribution < 1.29 is 13.2 Å². The first kappa shape index (κ1) is 21.0. The van der Waals surface area contributed by atoms with E-state index >= 15 is 0 Å². The highest BCUT2D eigenvalue weighted by molar-refractivity contribution is 7.89. The number of H-pyrrole nitrogens is 1. The second-order valence-corrected chi connectivity index (χ2v) is 9.70. The molecule has 1 amide bonds. The molecule has 0 saturated heterocycles. The maximum Gasteiger partial charge on any atom is 0.328 e. The van der Waals surface area contributed by atoms with E-state index in [1.807, 2.05) is 0 Å². The molecule has 1 N–H and O–H groups in total. The van der Waals surface area contributed by atoms with Crippen LogP contribution in [0.15, 0.2) is 56.9 Å². The predicted molar refractivity (Wildman–Crippen MR) is 117 cm³/mol. The number of fused-ring (bicyclic) bond motifs is 2. The molecule has 10 heteroatoms. The molecular formula is C21H22N4O5S. The van der Waals surface area contributed by atoms with Crippen LogP contribution in [0.2, 0.25) is 0 Å². The SMILES string of the molecule is CN(C)S(=O)(=O)c1ccc2c(c1)CCN2C(=O)CCn1c(=O)[nH]c(=O)c2ccccc21. The fourth-order valence-corrected chi connectivity index (χ4v) is 4.77. The Labute approximate surface area is 178 Å². The van der Waals surface area contributed by atoms with Gasteiger partial charge >= 0.3 is 5.69 Å². The summed E-state index contributed by atoms with van der Waals surface area (Å²) >= 11 is 0. The monoisotopic (exact) mass is 442 g/mol. The lowest BCUT2D eigenvalue weighted by atomic mass is 10.2. The number of aromatic amines is 1. The number of nitrogens with zero attached hydrogens (tertiary/aromatic N) is 3. The van der Waals surface area contributed by atoms with Crippen LogP contribution in [0.1, 0.15) is 12.0 Å².